The predicted molar refractivity (Wildman–Crippen MR) is 62.3 cm³/mol. The van der Waals surface area contributed by atoms with Gasteiger partial charge in [-0.15, -0.1) is 0 Å². The van der Waals surface area contributed by atoms with Gasteiger partial charge in [-0.2, -0.15) is 4.98 Å². The van der Waals surface area contributed by atoms with E-state index in [0.717, 1.165) is 0 Å². The quantitative estimate of drug-likeness (QED) is 0.590. The van der Waals surface area contributed by atoms with E-state index in [1.54, 1.807) is 12.3 Å². The van der Waals surface area contributed by atoms with E-state index < -0.39 is 18.8 Å². The Morgan fingerprint density at radius 2 is 2.38 bits per heavy atom. The molecule has 1 atom stereocenters. The number of hydrogen-bond acceptors (Lipinski definition) is 5. The third-order valence-corrected chi connectivity index (χ3v) is 2.11. The third-order valence-electron chi connectivity index (χ3n) is 2.11. The minimum Gasteiger partial charge on any atom is -0.433 e. The highest BCUT2D eigenvalue weighted by molar-refractivity contribution is 6.52. The van der Waals surface area contributed by atoms with Crippen LogP contribution in [0.4, 0.5) is 5.82 Å². The van der Waals surface area contributed by atoms with Gasteiger partial charge in [-0.05, 0) is 19.3 Å². The molecule has 0 aliphatic rings. The zero-order valence-corrected chi connectivity index (χ0v) is 9.42. The van der Waals surface area contributed by atoms with Gasteiger partial charge in [0.2, 0.25) is 0 Å². The van der Waals surface area contributed by atoms with E-state index in [9.17, 15) is 9.90 Å². The van der Waals surface area contributed by atoms with Gasteiger partial charge in [-0.3, -0.25) is 4.57 Å². The van der Waals surface area contributed by atoms with Crippen LogP contribution in [-0.4, -0.2) is 32.8 Å². The summed E-state index contributed by atoms with van der Waals surface area (Å²) in [5.41, 5.74) is -0.446. The van der Waals surface area contributed by atoms with Crippen molar-refractivity contribution in [3.8, 4) is 0 Å². The smallest absolute Gasteiger partial charge is 0.408 e. The van der Waals surface area contributed by atoms with Gasteiger partial charge in [0.15, 0.2) is 0 Å². The molecule has 0 unspecified atom stereocenters. The van der Waals surface area contributed by atoms with Crippen LogP contribution in [0.25, 0.3) is 0 Å². The summed E-state index contributed by atoms with van der Waals surface area (Å²) >= 11 is 0. The topological polar surface area (TPSA) is 87.4 Å². The van der Waals surface area contributed by atoms with E-state index in [1.165, 1.54) is 11.4 Å². The first-order chi connectivity index (χ1) is 7.52. The van der Waals surface area contributed by atoms with Crippen LogP contribution in [0.15, 0.2) is 17.1 Å². The molecule has 88 valence electrons. The number of hydrogen-bond donors (Lipinski definition) is 3. The van der Waals surface area contributed by atoms with Gasteiger partial charge in [0.25, 0.3) is 0 Å². The summed E-state index contributed by atoms with van der Waals surface area (Å²) in [5.74, 6) is 0.322. The molecule has 0 radical (unpaired) electrons. The van der Waals surface area contributed by atoms with Gasteiger partial charge >= 0.3 is 12.7 Å². The fourth-order valence-electron chi connectivity index (χ4n) is 1.22. The predicted octanol–water partition coefficient (Wildman–Crippen LogP) is -0.464. The molecule has 1 rings (SSSR count). The third kappa shape index (κ3) is 3.67. The van der Waals surface area contributed by atoms with Crippen LogP contribution in [0, 0.1) is 0 Å². The summed E-state index contributed by atoms with van der Waals surface area (Å²) in [4.78, 5) is 15.2. The number of nitrogens with one attached hydrogen (secondary N) is 1. The zero-order valence-electron chi connectivity index (χ0n) is 9.42. The van der Waals surface area contributed by atoms with Crippen LogP contribution in [0.1, 0.15) is 13.3 Å². The van der Waals surface area contributed by atoms with Crippen molar-refractivity contribution in [2.75, 3.05) is 5.23 Å². The molecule has 0 fully saturated rings. The Morgan fingerprint density at radius 1 is 1.69 bits per heavy atom. The molecule has 3 N–H and O–H groups in total. The Balaban J connectivity index is 2.79. The molecule has 0 amide bonds. The van der Waals surface area contributed by atoms with Crippen LogP contribution < -0.4 is 10.9 Å². The summed E-state index contributed by atoms with van der Waals surface area (Å²) in [6.07, 6.45) is 1.58. The molecule has 0 aliphatic heterocycles. The van der Waals surface area contributed by atoms with Gasteiger partial charge in [-0.1, -0.05) is 6.92 Å². The second kappa shape index (κ2) is 5.67. The van der Waals surface area contributed by atoms with Crippen LogP contribution in [0.2, 0.25) is 6.82 Å². The van der Waals surface area contributed by atoms with Crippen LogP contribution >= 0.6 is 0 Å². The Hall–Kier alpha value is -1.34. The Labute approximate surface area is 94.1 Å². The highest BCUT2D eigenvalue weighted by Crippen LogP contribution is 1.99. The lowest BCUT2D eigenvalue weighted by molar-refractivity contribution is 0.148. The van der Waals surface area contributed by atoms with Crippen molar-refractivity contribution in [2.45, 2.75) is 32.8 Å². The molecule has 0 saturated carbocycles. The fourth-order valence-corrected chi connectivity index (χ4v) is 1.22. The van der Waals surface area contributed by atoms with Crippen molar-refractivity contribution >= 4 is 12.9 Å². The molecule has 0 bridgehead atoms. The van der Waals surface area contributed by atoms with Crippen LogP contribution in [-0.2, 0) is 6.54 Å². The molecule has 1 aromatic rings. The van der Waals surface area contributed by atoms with Crippen molar-refractivity contribution < 1.29 is 10.1 Å². The molecule has 0 spiro atoms. The second-order valence-corrected chi connectivity index (χ2v) is 3.63. The molecule has 0 aromatic carbocycles. The van der Waals surface area contributed by atoms with Gasteiger partial charge in [0.05, 0.1) is 12.6 Å². The van der Waals surface area contributed by atoms with Crippen molar-refractivity contribution in [1.82, 2.24) is 9.55 Å². The number of nitrogens with zero attached hydrogens (tertiary/aromatic N) is 2. The fraction of sp³-hybridized carbons (Fsp3) is 0.556. The summed E-state index contributed by atoms with van der Waals surface area (Å²) in [7, 11) is -0.760. The molecule has 0 aliphatic carbocycles. The average molecular weight is 225 g/mol. The average Bonchev–Trinajstić information content (AvgIpc) is 2.21. The maximum Gasteiger partial charge on any atom is 0.408 e. The first-order valence-electron chi connectivity index (χ1n) is 5.23. The number of rotatable bonds is 5. The standard InChI is InChI=1S/C9H16BN3O3/c1-3-7(14)6-13-5-4-8(11-9(13)15)12-10(2)16/h4-5,7,14,16H,3,6H2,1-2H3,(H,11,12,15)/t7-/m1/s1. The lowest BCUT2D eigenvalue weighted by atomic mass is 9.89. The van der Waals surface area contributed by atoms with Crippen molar-refractivity contribution in [1.29, 1.82) is 0 Å². The molecular weight excluding hydrogens is 209 g/mol. The van der Waals surface area contributed by atoms with E-state index in [1.807, 2.05) is 6.92 Å². The number of aliphatic hydroxyl groups is 1. The Kier molecular flexibility index (Phi) is 4.51. The first-order valence-corrected chi connectivity index (χ1v) is 5.23. The van der Waals surface area contributed by atoms with E-state index in [4.69, 9.17) is 5.02 Å². The van der Waals surface area contributed by atoms with Crippen molar-refractivity contribution in [3.63, 3.8) is 0 Å². The monoisotopic (exact) mass is 225 g/mol. The number of anilines is 1. The maximum absolute atomic E-state index is 11.5. The summed E-state index contributed by atoms with van der Waals surface area (Å²) < 4.78 is 1.33. The minimum absolute atomic E-state index is 0.233. The molecule has 16 heavy (non-hydrogen) atoms. The van der Waals surface area contributed by atoms with E-state index in [-0.39, 0.29) is 6.54 Å². The Morgan fingerprint density at radius 3 is 2.88 bits per heavy atom. The van der Waals surface area contributed by atoms with Crippen molar-refractivity contribution in [2.24, 2.45) is 0 Å². The molecule has 1 heterocycles. The van der Waals surface area contributed by atoms with E-state index >= 15 is 0 Å². The van der Waals surface area contributed by atoms with Gasteiger partial charge in [0.1, 0.15) is 5.82 Å². The molecule has 0 saturated heterocycles. The maximum atomic E-state index is 11.5. The minimum atomic E-state index is -0.760. The van der Waals surface area contributed by atoms with E-state index in [2.05, 4.69) is 10.2 Å². The highest BCUT2D eigenvalue weighted by atomic mass is 16.3. The molecule has 6 nitrogen and oxygen atoms in total. The van der Waals surface area contributed by atoms with E-state index in [0.29, 0.717) is 12.2 Å². The van der Waals surface area contributed by atoms with Crippen molar-refractivity contribution in [3.05, 3.63) is 22.7 Å². The summed E-state index contributed by atoms with van der Waals surface area (Å²) in [5, 5.41) is 21.1. The van der Waals surface area contributed by atoms with Gasteiger partial charge in [0, 0.05) is 6.20 Å². The molecular formula is C9H16BN3O3. The summed E-state index contributed by atoms with van der Waals surface area (Å²) in [6, 6.07) is 1.58. The van der Waals surface area contributed by atoms with Crippen LogP contribution in [0.5, 0.6) is 0 Å². The SMILES string of the molecule is CC[C@@H](O)Cn1ccc(NB(C)O)nc1=O. The largest absolute Gasteiger partial charge is 0.433 e. The highest BCUT2D eigenvalue weighted by Gasteiger charge is 2.07. The number of aromatic nitrogens is 2. The molecule has 1 aromatic heterocycles. The first kappa shape index (κ1) is 12.7. The lowest BCUT2D eigenvalue weighted by Crippen LogP contribution is -2.30. The normalized spacial score (nSPS) is 12.2. The van der Waals surface area contributed by atoms with Gasteiger partial charge in [-0.25, -0.2) is 4.79 Å². The second-order valence-electron chi connectivity index (χ2n) is 3.63. The Bertz CT molecular complexity index is 394. The van der Waals surface area contributed by atoms with Crippen LogP contribution in [0.3, 0.4) is 0 Å². The number of aliphatic hydroxyl groups excluding tert-OH is 1. The summed E-state index contributed by atoms with van der Waals surface area (Å²) in [6.45, 7) is 3.61. The zero-order chi connectivity index (χ0) is 12.1. The lowest BCUT2D eigenvalue weighted by Gasteiger charge is -2.11. The van der Waals surface area contributed by atoms with Gasteiger partial charge < -0.3 is 15.4 Å². The molecule has 7 heteroatoms.